The molecule has 1 saturated heterocycles. The molecule has 0 unspecified atom stereocenters. The Bertz CT molecular complexity index is 880. The molecule has 5 nitrogen and oxygen atoms in total. The first-order valence-electron chi connectivity index (χ1n) is 10.5. The molecular formula is C24H30N2O3S. The minimum atomic E-state index is -0.0168. The fraction of sp³-hybridized carbons (Fsp3) is 0.417. The molecule has 0 radical (unpaired) electrons. The van der Waals surface area contributed by atoms with Crippen LogP contribution in [-0.4, -0.2) is 54.4 Å². The second-order valence-corrected chi connectivity index (χ2v) is 8.20. The summed E-state index contributed by atoms with van der Waals surface area (Å²) in [7, 11) is 0. The predicted octanol–water partition coefficient (Wildman–Crippen LogP) is 4.13. The van der Waals surface area contributed by atoms with Crippen LogP contribution in [0.5, 0.6) is 5.75 Å². The first-order chi connectivity index (χ1) is 14.5. The van der Waals surface area contributed by atoms with Crippen LogP contribution in [0.4, 0.5) is 0 Å². The molecule has 1 aliphatic heterocycles. The zero-order valence-electron chi connectivity index (χ0n) is 17.8. The van der Waals surface area contributed by atoms with Gasteiger partial charge in [-0.3, -0.25) is 9.59 Å². The lowest BCUT2D eigenvalue weighted by Crippen LogP contribution is -2.37. The lowest BCUT2D eigenvalue weighted by Gasteiger charge is -2.23. The number of rotatable bonds is 6. The topological polar surface area (TPSA) is 49.9 Å². The largest absolute Gasteiger partial charge is 0.493 e. The molecule has 0 N–H and O–H groups in total. The number of carbonyl (C=O) groups excluding carboxylic acids is 2. The number of benzene rings is 2. The lowest BCUT2D eigenvalue weighted by atomic mass is 10.1. The molecule has 6 heteroatoms. The fourth-order valence-corrected chi connectivity index (χ4v) is 4.03. The first kappa shape index (κ1) is 22.2. The average Bonchev–Trinajstić information content (AvgIpc) is 2.99. The monoisotopic (exact) mass is 426 g/mol. The van der Waals surface area contributed by atoms with Crippen molar-refractivity contribution < 1.29 is 14.3 Å². The fourth-order valence-electron chi connectivity index (χ4n) is 3.78. The number of hydrogen-bond donors (Lipinski definition) is 1. The van der Waals surface area contributed by atoms with Crippen LogP contribution < -0.4 is 4.74 Å². The van der Waals surface area contributed by atoms with E-state index in [0.29, 0.717) is 56.1 Å². The molecule has 0 atom stereocenters. The van der Waals surface area contributed by atoms with Crippen molar-refractivity contribution in [3.05, 3.63) is 59.2 Å². The van der Waals surface area contributed by atoms with Gasteiger partial charge in [0.05, 0.1) is 12.2 Å². The van der Waals surface area contributed by atoms with Gasteiger partial charge in [-0.15, -0.1) is 12.6 Å². The third kappa shape index (κ3) is 5.57. The summed E-state index contributed by atoms with van der Waals surface area (Å²) in [6, 6.07) is 13.4. The highest BCUT2D eigenvalue weighted by Crippen LogP contribution is 2.22. The molecule has 1 fully saturated rings. The average molecular weight is 427 g/mol. The van der Waals surface area contributed by atoms with E-state index in [9.17, 15) is 9.59 Å². The zero-order chi connectivity index (χ0) is 21.5. The second kappa shape index (κ2) is 10.5. The maximum absolute atomic E-state index is 12.8. The van der Waals surface area contributed by atoms with Gasteiger partial charge in [0.2, 0.25) is 5.91 Å². The number of carbonyl (C=O) groups is 2. The predicted molar refractivity (Wildman–Crippen MR) is 121 cm³/mol. The summed E-state index contributed by atoms with van der Waals surface area (Å²) >= 11 is 4.40. The van der Waals surface area contributed by atoms with E-state index in [1.165, 1.54) is 0 Å². The summed E-state index contributed by atoms with van der Waals surface area (Å²) in [4.78, 5) is 29.8. The quantitative estimate of drug-likeness (QED) is 0.558. The van der Waals surface area contributed by atoms with Crippen molar-refractivity contribution in [2.45, 2.75) is 38.0 Å². The van der Waals surface area contributed by atoms with Gasteiger partial charge < -0.3 is 14.5 Å². The van der Waals surface area contributed by atoms with E-state index in [1.54, 1.807) is 6.07 Å². The molecule has 0 aromatic heterocycles. The van der Waals surface area contributed by atoms with Gasteiger partial charge in [-0.2, -0.15) is 0 Å². The van der Waals surface area contributed by atoms with Crippen molar-refractivity contribution in [3.63, 3.8) is 0 Å². The summed E-state index contributed by atoms with van der Waals surface area (Å²) in [6.07, 6.45) is 1.92. The van der Waals surface area contributed by atoms with Gasteiger partial charge in [-0.1, -0.05) is 30.3 Å². The zero-order valence-corrected chi connectivity index (χ0v) is 18.7. The number of para-hydroxylation sites is 1. The Kier molecular flexibility index (Phi) is 7.80. The van der Waals surface area contributed by atoms with Crippen LogP contribution in [0.2, 0.25) is 0 Å². The molecule has 160 valence electrons. The molecule has 1 aliphatic rings. The molecule has 0 spiro atoms. The first-order valence-corrected chi connectivity index (χ1v) is 11.0. The number of hydrogen-bond acceptors (Lipinski definition) is 4. The minimum Gasteiger partial charge on any atom is -0.493 e. The molecule has 30 heavy (non-hydrogen) atoms. The second-order valence-electron chi connectivity index (χ2n) is 7.72. The molecule has 0 saturated carbocycles. The van der Waals surface area contributed by atoms with Crippen molar-refractivity contribution >= 4 is 24.4 Å². The Morgan fingerprint density at radius 1 is 0.933 bits per heavy atom. The van der Waals surface area contributed by atoms with E-state index in [4.69, 9.17) is 4.74 Å². The summed E-state index contributed by atoms with van der Waals surface area (Å²) in [5, 5.41) is 0. The van der Waals surface area contributed by atoms with Crippen LogP contribution in [-0.2, 0) is 4.79 Å². The number of ether oxygens (including phenoxy) is 1. The Morgan fingerprint density at radius 2 is 1.60 bits per heavy atom. The number of thiol groups is 1. The van der Waals surface area contributed by atoms with Crippen LogP contribution in [0.1, 0.15) is 40.7 Å². The lowest BCUT2D eigenvalue weighted by molar-refractivity contribution is -0.131. The summed E-state index contributed by atoms with van der Waals surface area (Å²) < 4.78 is 5.91. The van der Waals surface area contributed by atoms with E-state index >= 15 is 0 Å². The van der Waals surface area contributed by atoms with Gasteiger partial charge in [0.1, 0.15) is 5.75 Å². The van der Waals surface area contributed by atoms with Crippen LogP contribution >= 0.6 is 12.6 Å². The highest BCUT2D eigenvalue weighted by atomic mass is 32.1. The molecule has 0 aliphatic carbocycles. The highest BCUT2D eigenvalue weighted by Gasteiger charge is 2.23. The van der Waals surface area contributed by atoms with Gasteiger partial charge in [-0.05, 0) is 49.9 Å². The molecule has 2 aromatic carbocycles. The van der Waals surface area contributed by atoms with E-state index < -0.39 is 0 Å². The normalized spacial score (nSPS) is 14.4. The summed E-state index contributed by atoms with van der Waals surface area (Å²) in [5.74, 6) is 1.03. The third-order valence-electron chi connectivity index (χ3n) is 5.46. The van der Waals surface area contributed by atoms with Gasteiger partial charge in [-0.25, -0.2) is 0 Å². The Morgan fingerprint density at radius 3 is 2.33 bits per heavy atom. The van der Waals surface area contributed by atoms with Crippen LogP contribution in [0.25, 0.3) is 0 Å². The Labute approximate surface area is 184 Å². The standard InChI is InChI=1S/C24H30N2O3S/c1-18-8-5-9-19(2)23(18)29-17-6-12-22(27)25-13-7-14-26(16-15-25)24(28)20-10-3-4-11-21(20)30/h3-5,8-11,30H,6-7,12-17H2,1-2H3. The maximum Gasteiger partial charge on any atom is 0.255 e. The summed E-state index contributed by atoms with van der Waals surface area (Å²) in [6.45, 7) is 7.04. The molecule has 3 rings (SSSR count). The molecule has 1 heterocycles. The smallest absolute Gasteiger partial charge is 0.255 e. The highest BCUT2D eigenvalue weighted by molar-refractivity contribution is 7.80. The van der Waals surface area contributed by atoms with Crippen molar-refractivity contribution in [1.82, 2.24) is 9.80 Å². The minimum absolute atomic E-state index is 0.0168. The van der Waals surface area contributed by atoms with Crippen molar-refractivity contribution in [3.8, 4) is 5.75 Å². The van der Waals surface area contributed by atoms with E-state index in [0.717, 1.165) is 23.3 Å². The molecule has 0 bridgehead atoms. The van der Waals surface area contributed by atoms with Crippen molar-refractivity contribution in [2.75, 3.05) is 32.8 Å². The third-order valence-corrected chi connectivity index (χ3v) is 5.85. The van der Waals surface area contributed by atoms with Crippen LogP contribution in [0.15, 0.2) is 47.4 Å². The van der Waals surface area contributed by atoms with Crippen molar-refractivity contribution in [2.24, 2.45) is 0 Å². The summed E-state index contributed by atoms with van der Waals surface area (Å²) in [5.41, 5.74) is 2.84. The Balaban J connectivity index is 1.46. The number of nitrogens with zero attached hydrogens (tertiary/aromatic N) is 2. The molecular weight excluding hydrogens is 396 g/mol. The molecule has 2 amide bonds. The molecule has 2 aromatic rings. The van der Waals surface area contributed by atoms with Crippen molar-refractivity contribution in [1.29, 1.82) is 0 Å². The van der Waals surface area contributed by atoms with Crippen LogP contribution in [0, 0.1) is 13.8 Å². The number of aryl methyl sites for hydroxylation is 2. The van der Waals surface area contributed by atoms with Gasteiger partial charge in [0.25, 0.3) is 5.91 Å². The van der Waals surface area contributed by atoms with Gasteiger partial charge >= 0.3 is 0 Å². The van der Waals surface area contributed by atoms with Gasteiger partial charge in [0.15, 0.2) is 0 Å². The number of amides is 2. The maximum atomic E-state index is 12.8. The van der Waals surface area contributed by atoms with Crippen LogP contribution in [0.3, 0.4) is 0 Å². The van der Waals surface area contributed by atoms with E-state index in [-0.39, 0.29) is 11.8 Å². The Hall–Kier alpha value is -2.47. The van der Waals surface area contributed by atoms with E-state index in [1.807, 2.05) is 60.0 Å². The van der Waals surface area contributed by atoms with Gasteiger partial charge in [0, 0.05) is 37.5 Å². The SMILES string of the molecule is Cc1cccc(C)c1OCCCC(=O)N1CCCN(C(=O)c2ccccc2S)CC1. The van der Waals surface area contributed by atoms with E-state index in [2.05, 4.69) is 12.6 Å².